The quantitative estimate of drug-likeness (QED) is 0.111. The highest BCUT2D eigenvalue weighted by Crippen LogP contribution is 2.18. The van der Waals surface area contributed by atoms with Crippen molar-refractivity contribution in [3.8, 4) is 0 Å². The Morgan fingerprint density at radius 3 is 0.844 bits per heavy atom. The Hall–Kier alpha value is -0.320. The van der Waals surface area contributed by atoms with Crippen LogP contribution in [0.1, 0.15) is 137 Å². The minimum absolute atomic E-state index is 0.156. The highest BCUT2D eigenvalue weighted by atomic mass is 16.5. The molecule has 0 aromatic carbocycles. The molecule has 0 saturated carbocycles. The van der Waals surface area contributed by atoms with E-state index in [-0.39, 0.29) is 48.8 Å². The van der Waals surface area contributed by atoms with Crippen LogP contribution in [0.15, 0.2) is 0 Å². The Labute approximate surface area is 287 Å². The van der Waals surface area contributed by atoms with E-state index in [0.29, 0.717) is 12.0 Å². The van der Waals surface area contributed by atoms with Gasteiger partial charge in [-0.05, 0) is 63.7 Å². The maximum atomic E-state index is 8.80. The van der Waals surface area contributed by atoms with Crippen LogP contribution in [-0.4, -0.2) is 101 Å². The molecule has 0 radical (unpaired) electrons. The lowest BCUT2D eigenvalue weighted by Crippen LogP contribution is -2.40. The Morgan fingerprint density at radius 2 is 0.756 bits per heavy atom. The summed E-state index contributed by atoms with van der Waals surface area (Å²) in [5, 5.41) is 38.6. The molecule has 0 aliphatic heterocycles. The van der Waals surface area contributed by atoms with E-state index in [1.54, 1.807) is 7.11 Å². The number of methoxy groups -OCH3 is 1. The lowest BCUT2D eigenvalue weighted by molar-refractivity contribution is 0.160. The van der Waals surface area contributed by atoms with E-state index in [9.17, 15) is 0 Å². The Balaban J connectivity index is -0.0000000627. The van der Waals surface area contributed by atoms with E-state index in [0.717, 1.165) is 18.9 Å². The number of ether oxygens (including phenoxy) is 1. The number of hydrogen-bond donors (Lipinski definition) is 7. The van der Waals surface area contributed by atoms with Crippen LogP contribution in [0.4, 0.5) is 0 Å². The molecule has 0 spiro atoms. The van der Waals surface area contributed by atoms with Crippen molar-refractivity contribution in [2.24, 2.45) is 22.7 Å². The molecule has 0 aliphatic rings. The topological polar surface area (TPSA) is 118 Å². The zero-order valence-electron chi connectivity index (χ0n) is 35.5. The van der Waals surface area contributed by atoms with Gasteiger partial charge in [0.2, 0.25) is 0 Å². The van der Waals surface area contributed by atoms with Gasteiger partial charge in [-0.25, -0.2) is 0 Å². The minimum Gasteiger partial charge on any atom is -0.395 e. The Morgan fingerprint density at radius 1 is 0.489 bits per heavy atom. The second-order valence-corrected chi connectivity index (χ2v) is 12.6. The van der Waals surface area contributed by atoms with Gasteiger partial charge in [0, 0.05) is 31.3 Å². The van der Waals surface area contributed by atoms with Gasteiger partial charge in [-0.3, -0.25) is 0 Å². The van der Waals surface area contributed by atoms with Gasteiger partial charge in [0.15, 0.2) is 0 Å². The number of hydrogen-bond acceptors (Lipinski definition) is 8. The molecule has 286 valence electrons. The zero-order chi connectivity index (χ0) is 38.2. The molecule has 0 unspecified atom stereocenters. The molecular formula is C37H94N4O4. The molecule has 8 nitrogen and oxygen atoms in total. The third-order valence-electron chi connectivity index (χ3n) is 6.07. The fourth-order valence-electron chi connectivity index (χ4n) is 3.49. The molecule has 0 amide bonds. The smallest absolute Gasteiger partial charge is 0.0615 e. The van der Waals surface area contributed by atoms with Crippen molar-refractivity contribution in [1.82, 2.24) is 21.3 Å². The van der Waals surface area contributed by atoms with E-state index < -0.39 is 0 Å². The predicted octanol–water partition coefficient (Wildman–Crippen LogP) is 7.21. The van der Waals surface area contributed by atoms with Crippen molar-refractivity contribution in [1.29, 1.82) is 0 Å². The third kappa shape index (κ3) is 56.4. The second kappa shape index (κ2) is 48.1. The van der Waals surface area contributed by atoms with Crippen LogP contribution in [0.5, 0.6) is 0 Å². The first-order chi connectivity index (χ1) is 20.9. The molecule has 0 rings (SSSR count). The van der Waals surface area contributed by atoms with Crippen LogP contribution in [0.25, 0.3) is 0 Å². The first kappa shape index (κ1) is 63.4. The van der Waals surface area contributed by atoms with Crippen molar-refractivity contribution in [2.45, 2.75) is 162 Å². The third-order valence-corrected chi connectivity index (χ3v) is 6.07. The molecule has 7 N–H and O–H groups in total. The molecule has 8 heteroatoms. The molecule has 0 fully saturated rings. The standard InChI is InChI=1S/C8H19NO.3C7H17NO.4C2H6/c1-7(2)5-8(9-3)6-10-4;2*1-7(2,3)6(5-9)8-4;1-6(2)4-7(5-9)8-3;4*1-2/h7-9H,5-6H2,1-4H3;2*6,8-9H,5H2,1-4H3;6-9H,4-5H2,1-3H3;4*1-2H3/t8-;2*6-;7-;;;;/m0101..../s1. The highest BCUT2D eigenvalue weighted by Gasteiger charge is 2.22. The van der Waals surface area contributed by atoms with Gasteiger partial charge in [-0.2, -0.15) is 0 Å². The summed E-state index contributed by atoms with van der Waals surface area (Å²) in [7, 11) is 9.33. The van der Waals surface area contributed by atoms with E-state index in [2.05, 4.69) is 90.5 Å². The highest BCUT2D eigenvalue weighted by molar-refractivity contribution is 4.78. The number of nitrogens with one attached hydrogen (secondary N) is 4. The van der Waals surface area contributed by atoms with Crippen LogP contribution in [-0.2, 0) is 4.74 Å². The lowest BCUT2D eigenvalue weighted by Gasteiger charge is -2.28. The Bertz CT molecular complexity index is 421. The van der Waals surface area contributed by atoms with Gasteiger partial charge in [0.1, 0.15) is 0 Å². The Kier molecular flexibility index (Phi) is 67.7. The van der Waals surface area contributed by atoms with Gasteiger partial charge in [0.05, 0.1) is 26.4 Å². The first-order valence-electron chi connectivity index (χ1n) is 18.0. The largest absolute Gasteiger partial charge is 0.395 e. The molecule has 0 bridgehead atoms. The first-order valence-corrected chi connectivity index (χ1v) is 18.0. The van der Waals surface area contributed by atoms with Gasteiger partial charge >= 0.3 is 0 Å². The average Bonchev–Trinajstić information content (AvgIpc) is 3.00. The summed E-state index contributed by atoms with van der Waals surface area (Å²) in [6, 6.07) is 1.21. The van der Waals surface area contributed by atoms with E-state index >= 15 is 0 Å². The van der Waals surface area contributed by atoms with Crippen LogP contribution in [0.2, 0.25) is 0 Å². The molecule has 0 heterocycles. The van der Waals surface area contributed by atoms with E-state index in [1.165, 1.54) is 6.42 Å². The maximum Gasteiger partial charge on any atom is 0.0615 e. The molecule has 4 atom stereocenters. The second-order valence-electron chi connectivity index (χ2n) is 12.6. The molecule has 0 saturated heterocycles. The lowest BCUT2D eigenvalue weighted by atomic mass is 9.87. The van der Waals surface area contributed by atoms with Gasteiger partial charge in [0.25, 0.3) is 0 Å². The zero-order valence-corrected chi connectivity index (χ0v) is 35.5. The van der Waals surface area contributed by atoms with E-state index in [1.807, 2.05) is 83.6 Å². The van der Waals surface area contributed by atoms with Crippen molar-refractivity contribution in [3.05, 3.63) is 0 Å². The van der Waals surface area contributed by atoms with Crippen molar-refractivity contribution in [2.75, 3.05) is 61.7 Å². The summed E-state index contributed by atoms with van der Waals surface area (Å²) in [6.07, 6.45) is 2.23. The molecule has 45 heavy (non-hydrogen) atoms. The van der Waals surface area contributed by atoms with Crippen molar-refractivity contribution >= 4 is 0 Å². The number of aliphatic hydroxyl groups is 3. The van der Waals surface area contributed by atoms with Crippen LogP contribution in [0, 0.1) is 22.7 Å². The SMILES string of the molecule is CC.CC.CC.CC.CN[C@@H](CO)C(C)(C)C.CN[C@@H](CO)CC(C)C.CN[C@H](CO)C(C)(C)C.CN[C@H](COC)CC(C)C. The van der Waals surface area contributed by atoms with Crippen molar-refractivity contribution in [3.63, 3.8) is 0 Å². The van der Waals surface area contributed by atoms with Crippen LogP contribution < -0.4 is 21.3 Å². The summed E-state index contributed by atoms with van der Waals surface area (Å²) in [5.74, 6) is 1.40. The number of likely N-dealkylation sites (N-methyl/N-ethyl adjacent to an activating group) is 4. The summed E-state index contributed by atoms with van der Waals surface area (Å²) in [5.41, 5.74) is 0.312. The molecule has 0 aromatic rings. The van der Waals surface area contributed by atoms with Gasteiger partial charge < -0.3 is 41.3 Å². The summed E-state index contributed by atoms with van der Waals surface area (Å²) in [4.78, 5) is 0. The van der Waals surface area contributed by atoms with Crippen LogP contribution in [0.3, 0.4) is 0 Å². The number of aliphatic hydroxyl groups excluding tert-OH is 3. The van der Waals surface area contributed by atoms with Gasteiger partial charge in [-0.15, -0.1) is 0 Å². The minimum atomic E-state index is 0.156. The maximum absolute atomic E-state index is 8.80. The van der Waals surface area contributed by atoms with Crippen molar-refractivity contribution < 1.29 is 20.1 Å². The predicted molar refractivity (Wildman–Crippen MR) is 208 cm³/mol. The molecular weight excluding hydrogens is 564 g/mol. The van der Waals surface area contributed by atoms with Gasteiger partial charge in [-0.1, -0.05) is 125 Å². The summed E-state index contributed by atoms with van der Waals surface area (Å²) < 4.78 is 5.03. The average molecular weight is 659 g/mol. The monoisotopic (exact) mass is 659 g/mol. The summed E-state index contributed by atoms with van der Waals surface area (Å²) in [6.45, 7) is 38.8. The fraction of sp³-hybridized carbons (Fsp3) is 1.00. The molecule has 0 aromatic heterocycles. The fourth-order valence-corrected chi connectivity index (χ4v) is 3.49. The number of rotatable bonds is 13. The molecule has 0 aliphatic carbocycles. The summed E-state index contributed by atoms with van der Waals surface area (Å²) >= 11 is 0. The van der Waals surface area contributed by atoms with E-state index in [4.69, 9.17) is 20.1 Å². The van der Waals surface area contributed by atoms with Crippen LogP contribution >= 0.6 is 0 Å². The normalized spacial score (nSPS) is 12.8.